The second-order valence-corrected chi connectivity index (χ2v) is 4.15. The van der Waals surface area contributed by atoms with Crippen LogP contribution in [0.4, 0.5) is 5.82 Å². The van der Waals surface area contributed by atoms with Crippen LogP contribution in [0.2, 0.25) is 5.28 Å². The maximum absolute atomic E-state index is 10.6. The van der Waals surface area contributed by atoms with E-state index in [4.69, 9.17) is 26.2 Å². The number of hydrogen-bond acceptors (Lipinski definition) is 6. The Balaban J connectivity index is 2.58. The van der Waals surface area contributed by atoms with E-state index in [1.54, 1.807) is 12.1 Å². The Labute approximate surface area is 119 Å². The van der Waals surface area contributed by atoms with Gasteiger partial charge in [0.1, 0.15) is 12.4 Å². The van der Waals surface area contributed by atoms with Crippen molar-refractivity contribution >= 4 is 34.3 Å². The highest BCUT2D eigenvalue weighted by Crippen LogP contribution is 2.34. The standard InChI is InChI=1S/C12H12ClN3O4/c1-19-8-3-6-7(4-9(8)20-2)15-12(13)16-11(6)14-5-10(17)18/h3-4H,5H2,1-2H3,(H,17,18)(H,14,15,16). The predicted octanol–water partition coefficient (Wildman–Crippen LogP) is 1.80. The van der Waals surface area contributed by atoms with Gasteiger partial charge in [0, 0.05) is 11.5 Å². The maximum Gasteiger partial charge on any atom is 0.322 e. The molecule has 2 rings (SSSR count). The molecule has 0 bridgehead atoms. The van der Waals surface area contributed by atoms with E-state index in [1.807, 2.05) is 0 Å². The third-order valence-electron chi connectivity index (χ3n) is 2.58. The van der Waals surface area contributed by atoms with Crippen LogP contribution in [0.25, 0.3) is 10.9 Å². The molecular formula is C12H12ClN3O4. The molecule has 1 heterocycles. The van der Waals surface area contributed by atoms with Crippen LogP contribution < -0.4 is 14.8 Å². The van der Waals surface area contributed by atoms with Crippen LogP contribution in [0.15, 0.2) is 12.1 Å². The molecule has 0 atom stereocenters. The first-order valence-electron chi connectivity index (χ1n) is 5.60. The van der Waals surface area contributed by atoms with E-state index in [9.17, 15) is 4.79 Å². The van der Waals surface area contributed by atoms with Gasteiger partial charge in [-0.15, -0.1) is 0 Å². The summed E-state index contributed by atoms with van der Waals surface area (Å²) < 4.78 is 10.4. The Kier molecular flexibility index (Phi) is 4.09. The molecular weight excluding hydrogens is 286 g/mol. The number of carboxylic acids is 1. The van der Waals surface area contributed by atoms with Crippen molar-refractivity contribution in [3.63, 3.8) is 0 Å². The van der Waals surface area contributed by atoms with Gasteiger partial charge in [-0.1, -0.05) is 0 Å². The summed E-state index contributed by atoms with van der Waals surface area (Å²) in [6.07, 6.45) is 0. The minimum absolute atomic E-state index is 0.0117. The van der Waals surface area contributed by atoms with Gasteiger partial charge in [-0.25, -0.2) is 9.97 Å². The summed E-state index contributed by atoms with van der Waals surface area (Å²) in [4.78, 5) is 18.7. The smallest absolute Gasteiger partial charge is 0.322 e. The van der Waals surface area contributed by atoms with Crippen molar-refractivity contribution in [1.29, 1.82) is 0 Å². The number of rotatable bonds is 5. The number of ether oxygens (including phenoxy) is 2. The number of halogens is 1. The van der Waals surface area contributed by atoms with E-state index >= 15 is 0 Å². The lowest BCUT2D eigenvalue weighted by Gasteiger charge is -2.11. The van der Waals surface area contributed by atoms with Crippen LogP contribution >= 0.6 is 11.6 Å². The molecule has 7 nitrogen and oxygen atoms in total. The van der Waals surface area contributed by atoms with Gasteiger partial charge < -0.3 is 19.9 Å². The molecule has 2 N–H and O–H groups in total. The predicted molar refractivity (Wildman–Crippen MR) is 73.8 cm³/mol. The van der Waals surface area contributed by atoms with Gasteiger partial charge in [0.25, 0.3) is 0 Å². The summed E-state index contributed by atoms with van der Waals surface area (Å²) in [5.74, 6) is 0.306. The highest BCUT2D eigenvalue weighted by atomic mass is 35.5. The van der Waals surface area contributed by atoms with Crippen molar-refractivity contribution in [2.45, 2.75) is 0 Å². The van der Waals surface area contributed by atoms with Gasteiger partial charge in [0.15, 0.2) is 11.5 Å². The topological polar surface area (TPSA) is 93.6 Å². The van der Waals surface area contributed by atoms with Crippen molar-refractivity contribution in [3.8, 4) is 11.5 Å². The third kappa shape index (κ3) is 2.83. The van der Waals surface area contributed by atoms with Crippen LogP contribution in [0.1, 0.15) is 0 Å². The number of hydrogen-bond donors (Lipinski definition) is 2. The number of methoxy groups -OCH3 is 2. The molecule has 106 valence electrons. The second-order valence-electron chi connectivity index (χ2n) is 3.81. The van der Waals surface area contributed by atoms with Gasteiger partial charge in [0.05, 0.1) is 19.7 Å². The molecule has 0 radical (unpaired) electrons. The number of fused-ring (bicyclic) bond motifs is 1. The van der Waals surface area contributed by atoms with Crippen molar-refractivity contribution in [2.24, 2.45) is 0 Å². The number of nitrogens with one attached hydrogen (secondary N) is 1. The van der Waals surface area contributed by atoms with E-state index in [2.05, 4.69) is 15.3 Å². The number of aliphatic carboxylic acids is 1. The Morgan fingerprint density at radius 1 is 1.30 bits per heavy atom. The second kappa shape index (κ2) is 5.79. The molecule has 1 aromatic carbocycles. The van der Waals surface area contributed by atoms with Crippen LogP contribution in [-0.4, -0.2) is 41.8 Å². The monoisotopic (exact) mass is 297 g/mol. The number of aromatic nitrogens is 2. The molecule has 20 heavy (non-hydrogen) atoms. The molecule has 1 aromatic heterocycles. The number of carboxylic acid groups (broad SMARTS) is 1. The van der Waals surface area contributed by atoms with Crippen molar-refractivity contribution < 1.29 is 19.4 Å². The van der Waals surface area contributed by atoms with Crippen molar-refractivity contribution in [2.75, 3.05) is 26.1 Å². The van der Waals surface area contributed by atoms with Crippen molar-refractivity contribution in [3.05, 3.63) is 17.4 Å². The van der Waals surface area contributed by atoms with Gasteiger partial charge in [-0.3, -0.25) is 4.79 Å². The summed E-state index contributed by atoms with van der Waals surface area (Å²) in [5, 5.41) is 12.0. The Hall–Kier alpha value is -2.28. The summed E-state index contributed by atoms with van der Waals surface area (Å²) in [7, 11) is 3.01. The molecule has 0 spiro atoms. The molecule has 0 saturated carbocycles. The van der Waals surface area contributed by atoms with Gasteiger partial charge in [0.2, 0.25) is 5.28 Å². The largest absolute Gasteiger partial charge is 0.493 e. The Morgan fingerprint density at radius 2 is 1.95 bits per heavy atom. The van der Waals surface area contributed by atoms with E-state index in [0.717, 1.165) is 0 Å². The third-order valence-corrected chi connectivity index (χ3v) is 2.75. The number of carbonyl (C=O) groups is 1. The fourth-order valence-electron chi connectivity index (χ4n) is 1.72. The number of benzene rings is 1. The highest BCUT2D eigenvalue weighted by molar-refractivity contribution is 6.28. The lowest BCUT2D eigenvalue weighted by molar-refractivity contribution is -0.134. The summed E-state index contributed by atoms with van der Waals surface area (Å²) >= 11 is 5.83. The zero-order valence-electron chi connectivity index (χ0n) is 10.8. The summed E-state index contributed by atoms with van der Waals surface area (Å²) in [5.41, 5.74) is 0.524. The fourth-order valence-corrected chi connectivity index (χ4v) is 1.90. The first kappa shape index (κ1) is 14.1. The zero-order chi connectivity index (χ0) is 14.7. The fraction of sp³-hybridized carbons (Fsp3) is 0.250. The number of nitrogens with zero attached hydrogens (tertiary/aromatic N) is 2. The van der Waals surface area contributed by atoms with Crippen molar-refractivity contribution in [1.82, 2.24) is 9.97 Å². The van der Waals surface area contributed by atoms with E-state index in [-0.39, 0.29) is 11.8 Å². The molecule has 0 aliphatic rings. The molecule has 8 heteroatoms. The van der Waals surface area contributed by atoms with Gasteiger partial charge in [-0.2, -0.15) is 0 Å². The molecule has 0 aliphatic heterocycles. The first-order chi connectivity index (χ1) is 9.55. The van der Waals surface area contributed by atoms with Crippen LogP contribution in [0, 0.1) is 0 Å². The molecule has 0 aliphatic carbocycles. The van der Waals surface area contributed by atoms with Crippen LogP contribution in [-0.2, 0) is 4.79 Å². The first-order valence-corrected chi connectivity index (χ1v) is 5.98. The van der Waals surface area contributed by atoms with Crippen LogP contribution in [0.3, 0.4) is 0 Å². The lowest BCUT2D eigenvalue weighted by atomic mass is 10.2. The normalized spacial score (nSPS) is 10.3. The van der Waals surface area contributed by atoms with Gasteiger partial charge in [-0.05, 0) is 17.7 Å². The minimum atomic E-state index is -1.01. The summed E-state index contributed by atoms with van der Waals surface area (Å²) in [6, 6.07) is 3.31. The van der Waals surface area contributed by atoms with E-state index in [1.165, 1.54) is 14.2 Å². The molecule has 0 saturated heterocycles. The molecule has 0 fully saturated rings. The minimum Gasteiger partial charge on any atom is -0.493 e. The maximum atomic E-state index is 10.6. The number of anilines is 1. The molecule has 0 amide bonds. The SMILES string of the molecule is COc1cc2nc(Cl)nc(NCC(=O)O)c2cc1OC. The van der Waals surface area contributed by atoms with E-state index in [0.29, 0.717) is 28.2 Å². The van der Waals surface area contributed by atoms with E-state index < -0.39 is 5.97 Å². The Bertz CT molecular complexity index is 663. The van der Waals surface area contributed by atoms with Gasteiger partial charge >= 0.3 is 5.97 Å². The average molecular weight is 298 g/mol. The summed E-state index contributed by atoms with van der Waals surface area (Å²) in [6.45, 7) is -0.281. The molecule has 2 aromatic rings. The molecule has 0 unspecified atom stereocenters. The zero-order valence-corrected chi connectivity index (χ0v) is 11.6. The highest BCUT2D eigenvalue weighted by Gasteiger charge is 2.13. The quantitative estimate of drug-likeness (QED) is 0.813. The Morgan fingerprint density at radius 3 is 2.55 bits per heavy atom. The lowest BCUT2D eigenvalue weighted by Crippen LogP contribution is -2.13. The van der Waals surface area contributed by atoms with Crippen LogP contribution in [0.5, 0.6) is 11.5 Å². The average Bonchev–Trinajstić information content (AvgIpc) is 2.42.